The zero-order valence-corrected chi connectivity index (χ0v) is 21.1. The van der Waals surface area contributed by atoms with Crippen molar-refractivity contribution in [1.82, 2.24) is 14.0 Å². The van der Waals surface area contributed by atoms with E-state index in [1.807, 2.05) is 35.2 Å². The molecule has 5 heteroatoms. The fourth-order valence-corrected chi connectivity index (χ4v) is 6.25. The van der Waals surface area contributed by atoms with Crippen LogP contribution in [0.2, 0.25) is 0 Å². The van der Waals surface area contributed by atoms with E-state index in [0.717, 1.165) is 50.6 Å². The fraction of sp³-hybridized carbons (Fsp3) is 0.467. The van der Waals surface area contributed by atoms with E-state index in [1.165, 1.54) is 17.3 Å². The predicted octanol–water partition coefficient (Wildman–Crippen LogP) is 5.68. The van der Waals surface area contributed by atoms with Gasteiger partial charge in [-0.2, -0.15) is 0 Å². The summed E-state index contributed by atoms with van der Waals surface area (Å²) in [7, 11) is 0. The van der Waals surface area contributed by atoms with E-state index < -0.39 is 5.60 Å². The van der Waals surface area contributed by atoms with E-state index in [-0.39, 0.29) is 11.8 Å². The summed E-state index contributed by atoms with van der Waals surface area (Å²) < 4.78 is 4.54. The van der Waals surface area contributed by atoms with E-state index >= 15 is 0 Å². The van der Waals surface area contributed by atoms with Crippen molar-refractivity contribution in [2.24, 2.45) is 5.92 Å². The molecule has 3 heterocycles. The van der Waals surface area contributed by atoms with Crippen LogP contribution in [0, 0.1) is 11.8 Å². The third kappa shape index (κ3) is 4.58. The molecule has 1 saturated heterocycles. The maximum absolute atomic E-state index is 13.9. The van der Waals surface area contributed by atoms with Gasteiger partial charge in [0.1, 0.15) is 5.82 Å². The summed E-state index contributed by atoms with van der Waals surface area (Å²) in [6.07, 6.45) is 12.2. The molecule has 1 aromatic carbocycles. The highest BCUT2D eigenvalue weighted by atomic mass is 16.3. The van der Waals surface area contributed by atoms with Crippen LogP contribution < -0.4 is 0 Å². The molecule has 2 aliphatic rings. The second-order valence-corrected chi connectivity index (χ2v) is 10.7. The van der Waals surface area contributed by atoms with Crippen molar-refractivity contribution in [3.05, 3.63) is 84.2 Å². The smallest absolute Gasteiger partial charge is 0.259 e. The van der Waals surface area contributed by atoms with Crippen LogP contribution in [0.25, 0.3) is 5.82 Å². The van der Waals surface area contributed by atoms with Crippen LogP contribution in [-0.4, -0.2) is 38.1 Å². The minimum atomic E-state index is -1.42. The SMILES string of the molecule is C[C](C)Cn1ccc(C2CCN(C(=O)C(O)(c3ccccc3)C3CCCC3)CC2)c1-n1cccc1. The number of amides is 1. The first-order chi connectivity index (χ1) is 17.0. The number of benzene rings is 1. The number of carbonyl (C=O) groups excluding carboxylic acids is 1. The van der Waals surface area contributed by atoms with Crippen LogP contribution in [0.4, 0.5) is 0 Å². The monoisotopic (exact) mass is 472 g/mol. The van der Waals surface area contributed by atoms with Crippen molar-refractivity contribution in [2.75, 3.05) is 13.1 Å². The number of likely N-dealkylation sites (tertiary alicyclic amines) is 1. The first-order valence-corrected chi connectivity index (χ1v) is 13.2. The molecule has 1 unspecified atom stereocenters. The van der Waals surface area contributed by atoms with E-state index in [4.69, 9.17) is 0 Å². The van der Waals surface area contributed by atoms with Crippen molar-refractivity contribution in [3.8, 4) is 5.82 Å². The van der Waals surface area contributed by atoms with Crippen molar-refractivity contribution >= 4 is 5.91 Å². The largest absolute Gasteiger partial charge is 0.375 e. The Labute approximate surface area is 209 Å². The average molecular weight is 473 g/mol. The molecule has 5 rings (SSSR count). The third-order valence-electron chi connectivity index (χ3n) is 8.01. The molecule has 1 N–H and O–H groups in total. The van der Waals surface area contributed by atoms with Gasteiger partial charge >= 0.3 is 0 Å². The van der Waals surface area contributed by atoms with Gasteiger partial charge in [0.15, 0.2) is 5.60 Å². The summed E-state index contributed by atoms with van der Waals surface area (Å²) in [5.74, 6) is 2.89. The average Bonchev–Trinajstić information content (AvgIpc) is 3.66. The van der Waals surface area contributed by atoms with Crippen LogP contribution in [0.1, 0.15) is 69.4 Å². The van der Waals surface area contributed by atoms with Gasteiger partial charge in [0.25, 0.3) is 5.91 Å². The number of nitrogens with zero attached hydrogens (tertiary/aromatic N) is 3. The first-order valence-electron chi connectivity index (χ1n) is 13.2. The number of hydrogen-bond acceptors (Lipinski definition) is 2. The molecule has 1 radical (unpaired) electrons. The number of piperidine rings is 1. The Hall–Kier alpha value is -2.79. The number of rotatable bonds is 7. The molecular formula is C30H38N3O2. The second kappa shape index (κ2) is 10.1. The highest BCUT2D eigenvalue weighted by Gasteiger charge is 2.48. The second-order valence-electron chi connectivity index (χ2n) is 10.7. The molecule has 1 aliphatic heterocycles. The minimum absolute atomic E-state index is 0.00182. The third-order valence-corrected chi connectivity index (χ3v) is 8.01. The van der Waals surface area contributed by atoms with E-state index in [2.05, 4.69) is 59.8 Å². The maximum atomic E-state index is 13.9. The Kier molecular flexibility index (Phi) is 6.88. The summed E-state index contributed by atoms with van der Waals surface area (Å²) in [4.78, 5) is 15.8. The van der Waals surface area contributed by atoms with Gasteiger partial charge in [-0.05, 0) is 66.8 Å². The number of aromatic nitrogens is 2. The van der Waals surface area contributed by atoms with Gasteiger partial charge in [-0.3, -0.25) is 4.79 Å². The molecule has 0 spiro atoms. The molecule has 5 nitrogen and oxygen atoms in total. The van der Waals surface area contributed by atoms with Crippen LogP contribution in [0.5, 0.6) is 0 Å². The lowest BCUT2D eigenvalue weighted by Crippen LogP contribution is -2.52. The van der Waals surface area contributed by atoms with Crippen molar-refractivity contribution < 1.29 is 9.90 Å². The van der Waals surface area contributed by atoms with Crippen LogP contribution in [0.3, 0.4) is 0 Å². The molecule has 1 amide bonds. The molecule has 185 valence electrons. The highest BCUT2D eigenvalue weighted by molar-refractivity contribution is 5.87. The molecule has 3 aromatic rings. The Bertz CT molecular complexity index is 1100. The van der Waals surface area contributed by atoms with Crippen LogP contribution in [0.15, 0.2) is 67.1 Å². The van der Waals surface area contributed by atoms with Crippen LogP contribution in [-0.2, 0) is 16.9 Å². The minimum Gasteiger partial charge on any atom is -0.375 e. The molecule has 1 aliphatic carbocycles. The van der Waals surface area contributed by atoms with Gasteiger partial charge in [0, 0.05) is 44.1 Å². The number of carbonyl (C=O) groups is 1. The Morgan fingerprint density at radius 3 is 2.20 bits per heavy atom. The number of aliphatic hydroxyl groups is 1. The van der Waals surface area contributed by atoms with E-state index in [9.17, 15) is 9.90 Å². The zero-order valence-electron chi connectivity index (χ0n) is 21.1. The fourth-order valence-electron chi connectivity index (χ4n) is 6.25. The highest BCUT2D eigenvalue weighted by Crippen LogP contribution is 2.43. The van der Waals surface area contributed by atoms with Gasteiger partial charge in [-0.25, -0.2) is 0 Å². The summed E-state index contributed by atoms with van der Waals surface area (Å²) in [6.45, 7) is 6.60. The van der Waals surface area contributed by atoms with Crippen molar-refractivity contribution in [1.29, 1.82) is 0 Å². The van der Waals surface area contributed by atoms with Gasteiger partial charge in [0.05, 0.1) is 0 Å². The zero-order chi connectivity index (χ0) is 24.4. The molecule has 0 bridgehead atoms. The topological polar surface area (TPSA) is 50.4 Å². The summed E-state index contributed by atoms with van der Waals surface area (Å²) in [5, 5.41) is 11.9. The number of hydrogen-bond donors (Lipinski definition) is 1. The summed E-state index contributed by atoms with van der Waals surface area (Å²) in [5.41, 5.74) is 0.680. The Morgan fingerprint density at radius 2 is 1.57 bits per heavy atom. The summed E-state index contributed by atoms with van der Waals surface area (Å²) >= 11 is 0. The molecule has 35 heavy (non-hydrogen) atoms. The standard InChI is InChI=1S/C30H38N3O2/c1-23(2)22-33-21-16-27(28(33)31-17-8-9-18-31)24-14-19-32(20-15-24)29(34)30(35,26-12-6-7-13-26)25-10-4-3-5-11-25/h3-5,8-11,16-18,21,24,26,35H,6-7,12-15,19-20,22H2,1-2H3. The normalized spacial score (nSPS) is 19.4. The Morgan fingerprint density at radius 1 is 0.914 bits per heavy atom. The molecule has 2 aromatic heterocycles. The quantitative estimate of drug-likeness (QED) is 0.481. The summed E-state index contributed by atoms with van der Waals surface area (Å²) in [6, 6.07) is 16.0. The first kappa shape index (κ1) is 23.9. The van der Waals surface area contributed by atoms with E-state index in [1.54, 1.807) is 0 Å². The van der Waals surface area contributed by atoms with Gasteiger partial charge in [0.2, 0.25) is 0 Å². The lowest BCUT2D eigenvalue weighted by atomic mass is 9.78. The molecular weight excluding hydrogens is 434 g/mol. The van der Waals surface area contributed by atoms with Crippen molar-refractivity contribution in [3.63, 3.8) is 0 Å². The molecule has 1 atom stereocenters. The Balaban J connectivity index is 1.36. The van der Waals surface area contributed by atoms with E-state index in [0.29, 0.717) is 19.0 Å². The lowest BCUT2D eigenvalue weighted by molar-refractivity contribution is -0.160. The molecule has 2 fully saturated rings. The van der Waals surface area contributed by atoms with Gasteiger partial charge < -0.3 is 19.1 Å². The lowest BCUT2D eigenvalue weighted by Gasteiger charge is -2.40. The van der Waals surface area contributed by atoms with Crippen LogP contribution >= 0.6 is 0 Å². The predicted molar refractivity (Wildman–Crippen MR) is 139 cm³/mol. The van der Waals surface area contributed by atoms with Gasteiger partial charge in [-0.15, -0.1) is 0 Å². The maximum Gasteiger partial charge on any atom is 0.259 e. The van der Waals surface area contributed by atoms with Crippen molar-refractivity contribution in [2.45, 2.75) is 70.4 Å². The van der Waals surface area contributed by atoms with Gasteiger partial charge in [-0.1, -0.05) is 57.0 Å². The molecule has 1 saturated carbocycles.